The molecule has 162 valence electrons. The van der Waals surface area contributed by atoms with Gasteiger partial charge < -0.3 is 14.0 Å². The van der Waals surface area contributed by atoms with Gasteiger partial charge in [0, 0.05) is 12.0 Å². The van der Waals surface area contributed by atoms with Crippen molar-refractivity contribution < 1.29 is 18.8 Å². The highest BCUT2D eigenvalue weighted by Crippen LogP contribution is 2.45. The number of amides is 1. The predicted octanol–water partition coefficient (Wildman–Crippen LogP) is 5.39. The number of carbonyl (C=O) groups excluding carboxylic acids is 2. The number of ether oxygens (including phenoxy) is 1. The molecule has 0 aromatic carbocycles. The van der Waals surface area contributed by atoms with Crippen molar-refractivity contribution in [3.63, 3.8) is 0 Å². The van der Waals surface area contributed by atoms with Crippen LogP contribution in [0.25, 0.3) is 0 Å². The Kier molecular flexibility index (Phi) is 6.76. The number of nitrogens with zero attached hydrogens (tertiary/aromatic N) is 1. The van der Waals surface area contributed by atoms with Gasteiger partial charge in [0.1, 0.15) is 11.9 Å². The quantitative estimate of drug-likeness (QED) is 0.461. The summed E-state index contributed by atoms with van der Waals surface area (Å²) in [6.07, 6.45) is 4.44. The van der Waals surface area contributed by atoms with Crippen LogP contribution >= 0.6 is 0 Å². The van der Waals surface area contributed by atoms with E-state index in [1.165, 1.54) is 0 Å². The first-order valence-electron chi connectivity index (χ1n) is 10.8. The second-order valence-corrected chi connectivity index (χ2v) is 16.0. The van der Waals surface area contributed by atoms with E-state index in [2.05, 4.69) is 40.8 Å². The van der Waals surface area contributed by atoms with Gasteiger partial charge in [0.15, 0.2) is 8.32 Å². The molecule has 0 unspecified atom stereocenters. The number of piperidine rings is 1. The van der Waals surface area contributed by atoms with Crippen LogP contribution in [0.2, 0.25) is 18.1 Å². The molecule has 2 fully saturated rings. The highest BCUT2D eigenvalue weighted by Gasteiger charge is 2.51. The van der Waals surface area contributed by atoms with Crippen LogP contribution in [-0.4, -0.2) is 49.4 Å². The van der Waals surface area contributed by atoms with Gasteiger partial charge in [-0.3, -0.25) is 4.90 Å². The van der Waals surface area contributed by atoms with E-state index in [1.807, 2.05) is 25.7 Å². The molecule has 1 saturated heterocycles. The number of carbonyl (C=O) groups is 2. The molecule has 5 atom stereocenters. The van der Waals surface area contributed by atoms with Crippen molar-refractivity contribution in [2.45, 2.75) is 116 Å². The number of aldehydes is 1. The molecular weight excluding hydrogens is 370 g/mol. The molecule has 2 aliphatic rings. The Hall–Kier alpha value is -0.883. The Morgan fingerprint density at radius 2 is 1.71 bits per heavy atom. The first-order valence-corrected chi connectivity index (χ1v) is 13.7. The highest BCUT2D eigenvalue weighted by molar-refractivity contribution is 6.74. The first-order chi connectivity index (χ1) is 12.7. The molecule has 1 aliphatic carbocycles. The maximum atomic E-state index is 13.2. The van der Waals surface area contributed by atoms with Crippen LogP contribution in [0.3, 0.4) is 0 Å². The zero-order valence-electron chi connectivity index (χ0n) is 19.4. The van der Waals surface area contributed by atoms with Gasteiger partial charge in [0.05, 0.1) is 12.1 Å². The zero-order chi connectivity index (χ0) is 21.5. The molecular formula is C22H41NO4Si. The van der Waals surface area contributed by atoms with Gasteiger partial charge in [0.2, 0.25) is 0 Å². The van der Waals surface area contributed by atoms with E-state index >= 15 is 0 Å². The van der Waals surface area contributed by atoms with Gasteiger partial charge in [-0.25, -0.2) is 4.79 Å². The highest BCUT2D eigenvalue weighted by atomic mass is 28.4. The van der Waals surface area contributed by atoms with Crippen molar-refractivity contribution in [2.24, 2.45) is 11.8 Å². The standard InChI is InChI=1S/C22H41NO4Si/c1-15-19(27-28(8,9)22(5,6)7)13-17-16(14-24)11-10-12-18(17)23(15)20(25)26-21(2,3)4/h14-19H,10-13H2,1-9H3/t15-,16-,17-,18+,19-/m0/s1. The van der Waals surface area contributed by atoms with Crippen molar-refractivity contribution in [3.8, 4) is 0 Å². The van der Waals surface area contributed by atoms with Crippen LogP contribution in [0.5, 0.6) is 0 Å². The van der Waals surface area contributed by atoms with Gasteiger partial charge in [-0.15, -0.1) is 0 Å². The van der Waals surface area contributed by atoms with E-state index in [-0.39, 0.29) is 41.2 Å². The maximum Gasteiger partial charge on any atom is 0.410 e. The summed E-state index contributed by atoms with van der Waals surface area (Å²) in [5.41, 5.74) is -0.543. The summed E-state index contributed by atoms with van der Waals surface area (Å²) in [7, 11) is -2.00. The van der Waals surface area contributed by atoms with Crippen LogP contribution in [0.15, 0.2) is 0 Å². The normalized spacial score (nSPS) is 31.9. The van der Waals surface area contributed by atoms with Gasteiger partial charge in [-0.05, 0) is 71.0 Å². The van der Waals surface area contributed by atoms with Crippen LogP contribution in [0, 0.1) is 11.8 Å². The van der Waals surface area contributed by atoms with Gasteiger partial charge >= 0.3 is 6.09 Å². The monoisotopic (exact) mass is 411 g/mol. The largest absolute Gasteiger partial charge is 0.444 e. The number of likely N-dealkylation sites (tertiary alicyclic amines) is 1. The fourth-order valence-corrected chi connectivity index (χ4v) is 5.79. The van der Waals surface area contributed by atoms with Gasteiger partial charge in [-0.1, -0.05) is 27.2 Å². The minimum atomic E-state index is -2.00. The fourth-order valence-electron chi connectivity index (χ4n) is 4.39. The molecule has 0 radical (unpaired) electrons. The number of rotatable bonds is 3. The van der Waals surface area contributed by atoms with Crippen LogP contribution in [0.4, 0.5) is 4.79 Å². The predicted molar refractivity (Wildman–Crippen MR) is 115 cm³/mol. The van der Waals surface area contributed by atoms with E-state index in [4.69, 9.17) is 9.16 Å². The minimum Gasteiger partial charge on any atom is -0.444 e. The lowest BCUT2D eigenvalue weighted by Gasteiger charge is -2.54. The molecule has 1 aliphatic heterocycles. The van der Waals surface area contributed by atoms with Crippen molar-refractivity contribution >= 4 is 20.7 Å². The molecule has 0 N–H and O–H groups in total. The molecule has 1 amide bonds. The maximum absolute atomic E-state index is 13.2. The molecule has 1 heterocycles. The average Bonchev–Trinajstić information content (AvgIpc) is 2.52. The van der Waals surface area contributed by atoms with Crippen LogP contribution < -0.4 is 0 Å². The SMILES string of the molecule is C[C@H]1[C@@H](O[Si](C)(C)C(C)(C)C)C[C@H]2[C@H](C=O)CCC[C@H]2N1C(=O)OC(C)(C)C. The smallest absolute Gasteiger partial charge is 0.410 e. The van der Waals surface area contributed by atoms with E-state index in [9.17, 15) is 9.59 Å². The lowest BCUT2D eigenvalue weighted by molar-refractivity contribution is -0.120. The Bertz CT molecular complexity index is 578. The average molecular weight is 412 g/mol. The molecule has 0 aromatic rings. The van der Waals surface area contributed by atoms with Crippen molar-refractivity contribution in [1.82, 2.24) is 4.90 Å². The van der Waals surface area contributed by atoms with E-state index < -0.39 is 13.9 Å². The lowest BCUT2D eigenvalue weighted by atomic mass is 9.70. The summed E-state index contributed by atoms with van der Waals surface area (Å²) in [5.74, 6) is 0.159. The number of hydrogen-bond donors (Lipinski definition) is 0. The molecule has 1 saturated carbocycles. The van der Waals surface area contributed by atoms with Crippen molar-refractivity contribution in [3.05, 3.63) is 0 Å². The van der Waals surface area contributed by atoms with Gasteiger partial charge in [0.25, 0.3) is 0 Å². The minimum absolute atomic E-state index is 0.00158. The van der Waals surface area contributed by atoms with E-state index in [0.29, 0.717) is 0 Å². The summed E-state index contributed by atoms with van der Waals surface area (Å²) in [6, 6.07) is 0.00342. The van der Waals surface area contributed by atoms with Crippen molar-refractivity contribution in [2.75, 3.05) is 0 Å². The van der Waals surface area contributed by atoms with Crippen LogP contribution in [0.1, 0.15) is 74.1 Å². The Labute approximate surface area is 172 Å². The molecule has 0 spiro atoms. The Balaban J connectivity index is 2.35. The summed E-state index contributed by atoms with van der Waals surface area (Å²) >= 11 is 0. The number of hydrogen-bond acceptors (Lipinski definition) is 4. The second kappa shape index (κ2) is 8.09. The van der Waals surface area contributed by atoms with E-state index in [1.54, 1.807) is 0 Å². The molecule has 5 nitrogen and oxygen atoms in total. The molecule has 28 heavy (non-hydrogen) atoms. The summed E-state index contributed by atoms with van der Waals surface area (Å²) in [5, 5.41) is 0.0942. The number of fused-ring (bicyclic) bond motifs is 1. The molecule has 0 aromatic heterocycles. The molecule has 6 heteroatoms. The third kappa shape index (κ3) is 4.99. The summed E-state index contributed by atoms with van der Waals surface area (Å²) in [4.78, 5) is 26.8. The van der Waals surface area contributed by atoms with Crippen LogP contribution in [-0.2, 0) is 14.0 Å². The molecule has 0 bridgehead atoms. The zero-order valence-corrected chi connectivity index (χ0v) is 20.4. The Morgan fingerprint density at radius 3 is 2.21 bits per heavy atom. The second-order valence-electron chi connectivity index (χ2n) is 11.2. The topological polar surface area (TPSA) is 55.8 Å². The lowest BCUT2D eigenvalue weighted by Crippen LogP contribution is -2.63. The van der Waals surface area contributed by atoms with E-state index in [0.717, 1.165) is 32.0 Å². The molecule has 2 rings (SSSR count). The van der Waals surface area contributed by atoms with Gasteiger partial charge in [-0.2, -0.15) is 0 Å². The third-order valence-electron chi connectivity index (χ3n) is 6.95. The fraction of sp³-hybridized carbons (Fsp3) is 0.909. The summed E-state index contributed by atoms with van der Waals surface area (Å²) in [6.45, 7) is 19.0. The Morgan fingerprint density at radius 1 is 1.11 bits per heavy atom. The van der Waals surface area contributed by atoms with Crippen molar-refractivity contribution in [1.29, 1.82) is 0 Å². The summed E-state index contributed by atoms with van der Waals surface area (Å²) < 4.78 is 12.5. The third-order valence-corrected chi connectivity index (χ3v) is 11.5. The first kappa shape index (κ1) is 23.4.